The van der Waals surface area contributed by atoms with Crippen LogP contribution in [0.4, 0.5) is 0 Å². The third-order valence-corrected chi connectivity index (χ3v) is 6.32. The van der Waals surface area contributed by atoms with E-state index < -0.39 is 60.2 Å². The first-order valence-corrected chi connectivity index (χ1v) is 13.0. The van der Waals surface area contributed by atoms with E-state index in [1.54, 1.807) is 13.2 Å². The van der Waals surface area contributed by atoms with Crippen molar-refractivity contribution in [2.45, 2.75) is 70.1 Å². The molecule has 5 unspecified atom stereocenters. The second-order valence-corrected chi connectivity index (χ2v) is 9.41. The molecule has 0 aromatic carbocycles. The molecule has 13 nitrogen and oxygen atoms in total. The van der Waals surface area contributed by atoms with Gasteiger partial charge in [-0.2, -0.15) is 11.8 Å². The molecular formula is C22H36N6O7S. The molecular weight excluding hydrogens is 492 g/mol. The van der Waals surface area contributed by atoms with Crippen molar-refractivity contribution in [1.82, 2.24) is 25.9 Å². The number of imidazole rings is 1. The van der Waals surface area contributed by atoms with Crippen LogP contribution in [0.25, 0.3) is 0 Å². The van der Waals surface area contributed by atoms with Crippen LogP contribution in [-0.2, 0) is 30.4 Å². The summed E-state index contributed by atoms with van der Waals surface area (Å²) in [5.41, 5.74) is 6.44. The monoisotopic (exact) mass is 528 g/mol. The molecule has 14 heteroatoms. The van der Waals surface area contributed by atoms with Crippen molar-refractivity contribution in [1.29, 1.82) is 0 Å². The summed E-state index contributed by atoms with van der Waals surface area (Å²) < 4.78 is 0. The van der Waals surface area contributed by atoms with Crippen molar-refractivity contribution in [2.24, 2.45) is 11.7 Å². The molecule has 202 valence electrons. The predicted molar refractivity (Wildman–Crippen MR) is 133 cm³/mol. The van der Waals surface area contributed by atoms with Crippen LogP contribution in [0.15, 0.2) is 12.5 Å². The Balaban J connectivity index is 2.99. The number of carbonyl (C=O) groups is 5. The Morgan fingerprint density at radius 3 is 2.11 bits per heavy atom. The third kappa shape index (κ3) is 10.6. The number of nitrogens with zero attached hydrogens (tertiary/aromatic N) is 1. The Kier molecular flexibility index (Phi) is 13.5. The molecule has 1 heterocycles. The Morgan fingerprint density at radius 2 is 1.61 bits per heavy atom. The van der Waals surface area contributed by atoms with Crippen molar-refractivity contribution < 1.29 is 34.2 Å². The van der Waals surface area contributed by atoms with Crippen LogP contribution in [0.2, 0.25) is 0 Å². The van der Waals surface area contributed by atoms with Crippen LogP contribution in [0.1, 0.15) is 45.2 Å². The van der Waals surface area contributed by atoms with Gasteiger partial charge >= 0.3 is 11.9 Å². The van der Waals surface area contributed by atoms with E-state index in [0.29, 0.717) is 17.9 Å². The van der Waals surface area contributed by atoms with E-state index in [1.165, 1.54) is 24.3 Å². The highest BCUT2D eigenvalue weighted by molar-refractivity contribution is 7.98. The number of amides is 3. The molecule has 0 fully saturated rings. The van der Waals surface area contributed by atoms with Crippen LogP contribution >= 0.6 is 11.8 Å². The predicted octanol–water partition coefficient (Wildman–Crippen LogP) is -0.517. The number of hydrogen-bond donors (Lipinski definition) is 7. The van der Waals surface area contributed by atoms with Crippen LogP contribution in [0.3, 0.4) is 0 Å². The molecule has 0 aliphatic carbocycles. The summed E-state index contributed by atoms with van der Waals surface area (Å²) >= 11 is 1.42. The van der Waals surface area contributed by atoms with Crippen LogP contribution < -0.4 is 21.7 Å². The number of rotatable bonds is 17. The first-order valence-electron chi connectivity index (χ1n) is 11.6. The third-order valence-electron chi connectivity index (χ3n) is 5.68. The van der Waals surface area contributed by atoms with Gasteiger partial charge in [0.15, 0.2) is 0 Å². The number of aromatic nitrogens is 2. The molecule has 0 saturated carbocycles. The minimum atomic E-state index is -1.28. The molecule has 5 atom stereocenters. The van der Waals surface area contributed by atoms with Gasteiger partial charge in [0.25, 0.3) is 0 Å². The summed E-state index contributed by atoms with van der Waals surface area (Å²) in [5, 5.41) is 26.1. The van der Waals surface area contributed by atoms with Crippen LogP contribution in [-0.4, -0.2) is 86.0 Å². The summed E-state index contributed by atoms with van der Waals surface area (Å²) in [6.07, 6.45) is 4.78. The first-order chi connectivity index (χ1) is 17.0. The van der Waals surface area contributed by atoms with Gasteiger partial charge in [0.05, 0.1) is 12.4 Å². The van der Waals surface area contributed by atoms with Gasteiger partial charge in [-0.25, -0.2) is 9.78 Å². The average Bonchev–Trinajstić information content (AvgIpc) is 3.35. The molecule has 1 aromatic heterocycles. The number of aromatic amines is 1. The second kappa shape index (κ2) is 15.8. The normalized spacial score (nSPS) is 15.1. The number of carboxylic acids is 2. The van der Waals surface area contributed by atoms with Crippen LogP contribution in [0, 0.1) is 5.92 Å². The number of carbonyl (C=O) groups excluding carboxylic acids is 3. The summed E-state index contributed by atoms with van der Waals surface area (Å²) in [7, 11) is 0. The van der Waals surface area contributed by atoms with E-state index in [0.717, 1.165) is 0 Å². The number of nitrogens with two attached hydrogens (primary N) is 1. The molecule has 8 N–H and O–H groups in total. The summed E-state index contributed by atoms with van der Waals surface area (Å²) in [4.78, 5) is 67.9. The van der Waals surface area contributed by atoms with Gasteiger partial charge in [-0.3, -0.25) is 19.2 Å². The standard InChI is InChI=1S/C22H36N6O7S/c1-4-12(2)18(23)21(33)27-14(5-6-17(29)30)19(31)26-15(7-8-36-3)20(32)28-16(22(34)35)9-13-10-24-11-25-13/h10-12,14-16,18H,4-9,23H2,1-3H3,(H,24,25)(H,26,31)(H,27,33)(H,28,32)(H,29,30)(H,34,35). The fraction of sp³-hybridized carbons (Fsp3) is 0.636. The van der Waals surface area contributed by atoms with Crippen molar-refractivity contribution in [3.63, 3.8) is 0 Å². The molecule has 0 radical (unpaired) electrons. The number of hydrogen-bond acceptors (Lipinski definition) is 8. The van der Waals surface area contributed by atoms with E-state index in [2.05, 4.69) is 25.9 Å². The van der Waals surface area contributed by atoms with E-state index in [4.69, 9.17) is 10.8 Å². The van der Waals surface area contributed by atoms with Gasteiger partial charge in [0, 0.05) is 24.7 Å². The SMILES string of the molecule is CCC(C)C(N)C(=O)NC(CCC(=O)O)C(=O)NC(CCSC)C(=O)NC(Cc1cnc[nH]1)C(=O)O. The summed E-state index contributed by atoms with van der Waals surface area (Å²) in [6, 6.07) is -4.53. The lowest BCUT2D eigenvalue weighted by Crippen LogP contribution is -2.58. The van der Waals surface area contributed by atoms with E-state index in [-0.39, 0.29) is 25.2 Å². The largest absolute Gasteiger partial charge is 0.481 e. The Bertz CT molecular complexity index is 882. The lowest BCUT2D eigenvalue weighted by molar-refractivity contribution is -0.142. The second-order valence-electron chi connectivity index (χ2n) is 8.43. The lowest BCUT2D eigenvalue weighted by atomic mass is 9.98. The molecule has 0 saturated heterocycles. The fourth-order valence-corrected chi connectivity index (χ4v) is 3.65. The molecule has 1 aromatic rings. The molecule has 1 rings (SSSR count). The maximum Gasteiger partial charge on any atom is 0.326 e. The Morgan fingerprint density at radius 1 is 1.03 bits per heavy atom. The highest BCUT2D eigenvalue weighted by atomic mass is 32.2. The molecule has 0 spiro atoms. The number of thioether (sulfide) groups is 1. The number of carboxylic acid groups (broad SMARTS) is 2. The smallest absolute Gasteiger partial charge is 0.326 e. The summed E-state index contributed by atoms with van der Waals surface area (Å²) in [6.45, 7) is 3.64. The molecule has 0 aliphatic rings. The minimum Gasteiger partial charge on any atom is -0.481 e. The quantitative estimate of drug-likeness (QED) is 0.137. The van der Waals surface area contributed by atoms with E-state index in [9.17, 15) is 29.1 Å². The van der Waals surface area contributed by atoms with Gasteiger partial charge in [-0.05, 0) is 30.8 Å². The molecule has 3 amide bonds. The Hall–Kier alpha value is -3.13. The molecule has 36 heavy (non-hydrogen) atoms. The molecule has 0 bridgehead atoms. The van der Waals surface area contributed by atoms with Crippen molar-refractivity contribution >= 4 is 41.4 Å². The zero-order chi connectivity index (χ0) is 27.3. The van der Waals surface area contributed by atoms with Gasteiger partial charge in [-0.1, -0.05) is 20.3 Å². The summed E-state index contributed by atoms with van der Waals surface area (Å²) in [5.74, 6) is -4.21. The van der Waals surface area contributed by atoms with Crippen molar-refractivity contribution in [2.75, 3.05) is 12.0 Å². The highest BCUT2D eigenvalue weighted by Gasteiger charge is 2.31. The minimum absolute atomic E-state index is 0.0466. The van der Waals surface area contributed by atoms with Crippen LogP contribution in [0.5, 0.6) is 0 Å². The first kappa shape index (κ1) is 30.9. The average molecular weight is 529 g/mol. The highest BCUT2D eigenvalue weighted by Crippen LogP contribution is 2.09. The fourth-order valence-electron chi connectivity index (χ4n) is 3.18. The van der Waals surface area contributed by atoms with E-state index >= 15 is 0 Å². The zero-order valence-electron chi connectivity index (χ0n) is 20.7. The van der Waals surface area contributed by atoms with Gasteiger partial charge < -0.3 is 36.9 Å². The van der Waals surface area contributed by atoms with Crippen molar-refractivity contribution in [3.8, 4) is 0 Å². The maximum atomic E-state index is 13.0. The van der Waals surface area contributed by atoms with E-state index in [1.807, 2.05) is 6.92 Å². The van der Waals surface area contributed by atoms with Gasteiger partial charge in [-0.15, -0.1) is 0 Å². The van der Waals surface area contributed by atoms with Crippen molar-refractivity contribution in [3.05, 3.63) is 18.2 Å². The lowest BCUT2D eigenvalue weighted by Gasteiger charge is -2.26. The maximum absolute atomic E-state index is 13.0. The zero-order valence-corrected chi connectivity index (χ0v) is 21.5. The number of nitrogens with one attached hydrogen (secondary N) is 4. The molecule has 0 aliphatic heterocycles. The topological polar surface area (TPSA) is 217 Å². The number of aliphatic carboxylic acids is 2. The number of H-pyrrole nitrogens is 1. The van der Waals surface area contributed by atoms with Gasteiger partial charge in [0.2, 0.25) is 17.7 Å². The Labute approximate surface area is 213 Å². The van der Waals surface area contributed by atoms with Gasteiger partial charge in [0.1, 0.15) is 18.1 Å².